The van der Waals surface area contributed by atoms with Crippen molar-refractivity contribution in [2.24, 2.45) is 0 Å². The number of rotatable bonds is 5. The molecule has 3 rings (SSSR count). The molecule has 21 heavy (non-hydrogen) atoms. The van der Waals surface area contributed by atoms with Crippen LogP contribution in [0.3, 0.4) is 0 Å². The van der Waals surface area contributed by atoms with Gasteiger partial charge in [0.1, 0.15) is 5.82 Å². The Morgan fingerprint density at radius 3 is 2.76 bits per heavy atom. The third kappa shape index (κ3) is 3.96. The van der Waals surface area contributed by atoms with Gasteiger partial charge in [0, 0.05) is 31.7 Å². The predicted molar refractivity (Wildman–Crippen MR) is 84.4 cm³/mol. The Morgan fingerprint density at radius 1 is 1.24 bits per heavy atom. The molecule has 2 heterocycles. The lowest BCUT2D eigenvalue weighted by molar-refractivity contribution is -0.121. The number of hydrogen-bond donors (Lipinski definition) is 1. The van der Waals surface area contributed by atoms with Crippen molar-refractivity contribution in [1.29, 1.82) is 0 Å². The topological polar surface area (TPSA) is 45.2 Å². The summed E-state index contributed by atoms with van der Waals surface area (Å²) < 4.78 is 0. The third-order valence-corrected chi connectivity index (χ3v) is 4.60. The van der Waals surface area contributed by atoms with E-state index in [2.05, 4.69) is 21.3 Å². The molecule has 0 unspecified atom stereocenters. The molecule has 1 saturated heterocycles. The first kappa shape index (κ1) is 14.4. The summed E-state index contributed by atoms with van der Waals surface area (Å²) in [7, 11) is 0. The predicted octanol–water partition coefficient (Wildman–Crippen LogP) is 2.67. The largest absolute Gasteiger partial charge is 0.357 e. The first-order chi connectivity index (χ1) is 10.3. The zero-order valence-electron chi connectivity index (χ0n) is 12.7. The van der Waals surface area contributed by atoms with E-state index in [1.54, 1.807) is 0 Å². The number of carbonyl (C=O) groups excluding carboxylic acids is 1. The van der Waals surface area contributed by atoms with Gasteiger partial charge in [0.15, 0.2) is 0 Å². The summed E-state index contributed by atoms with van der Waals surface area (Å²) in [4.78, 5) is 18.8. The quantitative estimate of drug-likeness (QED) is 0.905. The van der Waals surface area contributed by atoms with Crippen LogP contribution in [0.25, 0.3) is 0 Å². The van der Waals surface area contributed by atoms with Crippen LogP contribution < -0.4 is 10.2 Å². The van der Waals surface area contributed by atoms with Crippen LogP contribution in [-0.2, 0) is 11.2 Å². The zero-order valence-corrected chi connectivity index (χ0v) is 12.7. The first-order valence-corrected chi connectivity index (χ1v) is 8.30. The van der Waals surface area contributed by atoms with Crippen LogP contribution in [0.15, 0.2) is 18.3 Å². The molecule has 1 aliphatic carbocycles. The highest BCUT2D eigenvalue weighted by Gasteiger charge is 2.17. The van der Waals surface area contributed by atoms with Crippen molar-refractivity contribution < 1.29 is 4.79 Å². The van der Waals surface area contributed by atoms with Crippen LogP contribution in [0.1, 0.15) is 50.5 Å². The number of aromatic nitrogens is 1. The highest BCUT2D eigenvalue weighted by Crippen LogP contribution is 2.20. The summed E-state index contributed by atoms with van der Waals surface area (Å²) in [5.74, 6) is 1.27. The average Bonchev–Trinajstić information content (AvgIpc) is 3.19. The molecule has 2 aliphatic rings. The van der Waals surface area contributed by atoms with Gasteiger partial charge in [0.25, 0.3) is 0 Å². The maximum absolute atomic E-state index is 12.0. The molecule has 0 spiro atoms. The van der Waals surface area contributed by atoms with E-state index in [1.165, 1.54) is 31.2 Å². The van der Waals surface area contributed by atoms with Crippen LogP contribution in [0.5, 0.6) is 0 Å². The molecule has 114 valence electrons. The molecule has 0 aromatic carbocycles. The van der Waals surface area contributed by atoms with Gasteiger partial charge in [-0.25, -0.2) is 4.98 Å². The maximum Gasteiger partial charge on any atom is 0.220 e. The van der Waals surface area contributed by atoms with Gasteiger partial charge < -0.3 is 10.2 Å². The number of nitrogens with zero attached hydrogens (tertiary/aromatic N) is 2. The lowest BCUT2D eigenvalue weighted by Gasteiger charge is -2.17. The molecule has 1 saturated carbocycles. The van der Waals surface area contributed by atoms with Gasteiger partial charge >= 0.3 is 0 Å². The van der Waals surface area contributed by atoms with E-state index < -0.39 is 0 Å². The van der Waals surface area contributed by atoms with Crippen LogP contribution in [0.2, 0.25) is 0 Å². The lowest BCUT2D eigenvalue weighted by atomic mass is 10.1. The van der Waals surface area contributed by atoms with Gasteiger partial charge in [-0.1, -0.05) is 12.8 Å². The minimum atomic E-state index is 0.196. The Bertz CT molecular complexity index is 477. The molecule has 1 aliphatic heterocycles. The van der Waals surface area contributed by atoms with E-state index in [0.717, 1.165) is 38.2 Å². The van der Waals surface area contributed by atoms with Crippen LogP contribution >= 0.6 is 0 Å². The van der Waals surface area contributed by atoms with Gasteiger partial charge in [0.2, 0.25) is 5.91 Å². The summed E-state index contributed by atoms with van der Waals surface area (Å²) in [6, 6.07) is 4.60. The minimum Gasteiger partial charge on any atom is -0.357 e. The first-order valence-electron chi connectivity index (χ1n) is 8.30. The molecule has 0 atom stereocenters. The Kier molecular flexibility index (Phi) is 4.73. The van der Waals surface area contributed by atoms with Crippen LogP contribution in [-0.4, -0.2) is 30.0 Å². The smallest absolute Gasteiger partial charge is 0.220 e. The number of carbonyl (C=O) groups is 1. The van der Waals surface area contributed by atoms with Crippen molar-refractivity contribution in [1.82, 2.24) is 10.3 Å². The number of nitrogens with one attached hydrogen (secondary N) is 1. The van der Waals surface area contributed by atoms with E-state index in [-0.39, 0.29) is 5.91 Å². The summed E-state index contributed by atoms with van der Waals surface area (Å²) in [6.45, 7) is 2.22. The van der Waals surface area contributed by atoms with Crippen LogP contribution in [0, 0.1) is 0 Å². The average molecular weight is 287 g/mol. The number of hydrogen-bond acceptors (Lipinski definition) is 3. The number of aryl methyl sites for hydroxylation is 1. The van der Waals surface area contributed by atoms with Crippen molar-refractivity contribution in [3.8, 4) is 0 Å². The molecular weight excluding hydrogens is 262 g/mol. The number of amides is 1. The zero-order chi connectivity index (χ0) is 14.5. The Labute approximate surface area is 126 Å². The third-order valence-electron chi connectivity index (χ3n) is 4.60. The van der Waals surface area contributed by atoms with Crippen molar-refractivity contribution in [3.05, 3.63) is 23.9 Å². The molecule has 0 radical (unpaired) electrons. The van der Waals surface area contributed by atoms with Gasteiger partial charge in [-0.15, -0.1) is 0 Å². The second-order valence-electron chi connectivity index (χ2n) is 6.27. The number of pyridine rings is 1. The van der Waals surface area contributed by atoms with E-state index in [9.17, 15) is 4.79 Å². The Hall–Kier alpha value is -1.58. The van der Waals surface area contributed by atoms with Gasteiger partial charge in [-0.2, -0.15) is 0 Å². The van der Waals surface area contributed by atoms with Crippen molar-refractivity contribution in [3.63, 3.8) is 0 Å². The summed E-state index contributed by atoms with van der Waals surface area (Å²) in [5, 5.41) is 3.15. The fourth-order valence-electron chi connectivity index (χ4n) is 3.36. The van der Waals surface area contributed by atoms with Gasteiger partial charge in [0.05, 0.1) is 0 Å². The molecule has 4 heteroatoms. The second-order valence-corrected chi connectivity index (χ2v) is 6.27. The van der Waals surface area contributed by atoms with E-state index >= 15 is 0 Å². The Morgan fingerprint density at radius 2 is 2.00 bits per heavy atom. The summed E-state index contributed by atoms with van der Waals surface area (Å²) >= 11 is 0. The van der Waals surface area contributed by atoms with E-state index in [1.807, 2.05) is 12.3 Å². The molecule has 1 aromatic rings. The molecule has 0 bridgehead atoms. The second kappa shape index (κ2) is 6.92. The standard InChI is InChI=1S/C17H25N3O/c21-17(19-15-5-1-2-6-15)8-7-14-9-10-18-16(13-14)20-11-3-4-12-20/h9-10,13,15H,1-8,11-12H2,(H,19,21). The molecule has 2 fully saturated rings. The van der Waals surface area contributed by atoms with Crippen molar-refractivity contribution >= 4 is 11.7 Å². The molecule has 1 amide bonds. The fourth-order valence-corrected chi connectivity index (χ4v) is 3.36. The molecule has 1 N–H and O–H groups in total. The fraction of sp³-hybridized carbons (Fsp3) is 0.647. The van der Waals surface area contributed by atoms with Crippen molar-refractivity contribution in [2.75, 3.05) is 18.0 Å². The highest BCUT2D eigenvalue weighted by atomic mass is 16.1. The van der Waals surface area contributed by atoms with Crippen molar-refractivity contribution in [2.45, 2.75) is 57.4 Å². The highest BCUT2D eigenvalue weighted by molar-refractivity contribution is 5.76. The van der Waals surface area contributed by atoms with E-state index in [4.69, 9.17) is 0 Å². The normalized spacial score (nSPS) is 19.1. The minimum absolute atomic E-state index is 0.196. The van der Waals surface area contributed by atoms with Gasteiger partial charge in [-0.05, 0) is 49.8 Å². The lowest BCUT2D eigenvalue weighted by Crippen LogP contribution is -2.32. The van der Waals surface area contributed by atoms with Crippen LogP contribution in [0.4, 0.5) is 5.82 Å². The maximum atomic E-state index is 12.0. The van der Waals surface area contributed by atoms with Gasteiger partial charge in [-0.3, -0.25) is 4.79 Å². The monoisotopic (exact) mass is 287 g/mol. The molecular formula is C17H25N3O. The molecule has 1 aromatic heterocycles. The van der Waals surface area contributed by atoms with E-state index in [0.29, 0.717) is 12.5 Å². The summed E-state index contributed by atoms with van der Waals surface area (Å²) in [5.41, 5.74) is 1.22. The summed E-state index contributed by atoms with van der Waals surface area (Å²) in [6.07, 6.45) is 10.6. The number of anilines is 1. The molecule has 4 nitrogen and oxygen atoms in total. The SMILES string of the molecule is O=C(CCc1ccnc(N2CCCC2)c1)NC1CCCC1. The Balaban J connectivity index is 1.50.